The Kier molecular flexibility index (Phi) is 36.0. The normalized spacial score (nSPS) is 10.1. The van der Waals surface area contributed by atoms with Gasteiger partial charge in [-0.2, -0.15) is 0 Å². The summed E-state index contributed by atoms with van der Waals surface area (Å²) in [6.07, 6.45) is 8.04. The highest BCUT2D eigenvalue weighted by Gasteiger charge is 2.28. The van der Waals surface area contributed by atoms with Crippen molar-refractivity contribution >= 4 is 163 Å². The number of hydrogen-bond acceptors (Lipinski definition) is 23. The van der Waals surface area contributed by atoms with Crippen LogP contribution in [0.25, 0.3) is 4.85 Å². The number of benzene rings is 6. The zero-order chi connectivity index (χ0) is 88.4. The van der Waals surface area contributed by atoms with Gasteiger partial charge in [-0.1, -0.05) is 106 Å². The van der Waals surface area contributed by atoms with Crippen LogP contribution >= 0.6 is 47.8 Å². The molecule has 5 amide bonds. The SMILES string of the molecule is COc1cccc(C(=O)Nc2ccc(Br)cn2)c1N.COc1cccc(C(=O)Nc2ccc(Br)cn2)c1[N+](=O)[O-].COc1cccc(C(=O)Nc2ccc(C#C[Si](C)(C)C)cn2)c1N.COc1cccc(C(=O)O)c1[N+](=O)[O-].Nc1ccc(Br)cn1.[C-]#[N+]c1ccc(C(=O)Nc2c(OC)cccc2C(=O)Nc2ccc(C#C[Si](C)(C)C)cn2)cc1. The molecule has 5 heterocycles. The maximum Gasteiger partial charge on any atom is 0.342 e. The second-order valence-corrected chi connectivity index (χ2v) is 38.4. The highest BCUT2D eigenvalue weighted by Crippen LogP contribution is 2.34. The number of nitrogen functional groups attached to an aromatic ring is 3. The molecule has 0 saturated carbocycles. The van der Waals surface area contributed by atoms with Gasteiger partial charge in [-0.3, -0.25) is 44.2 Å². The van der Waals surface area contributed by atoms with Gasteiger partial charge in [0.05, 0.1) is 85.7 Å². The number of carbonyl (C=O) groups is 6. The Balaban J connectivity index is 0.000000233. The van der Waals surface area contributed by atoms with Gasteiger partial charge in [-0.25, -0.2) is 34.6 Å². The van der Waals surface area contributed by atoms with Gasteiger partial charge in [-0.05, 0) is 169 Å². The van der Waals surface area contributed by atoms with E-state index in [4.69, 9.17) is 52.6 Å². The summed E-state index contributed by atoms with van der Waals surface area (Å²) in [5.41, 5.74) is 26.4. The molecule has 0 radical (unpaired) electrons. The number of methoxy groups -OCH3 is 5. The van der Waals surface area contributed by atoms with E-state index in [1.165, 1.54) is 72.1 Å². The molecule has 616 valence electrons. The lowest BCUT2D eigenvalue weighted by Gasteiger charge is -2.15. The van der Waals surface area contributed by atoms with Crippen LogP contribution in [0, 0.1) is 49.7 Å². The number of aromatic nitrogens is 5. The molecule has 6 aromatic carbocycles. The Morgan fingerprint density at radius 2 is 0.750 bits per heavy atom. The number of halogens is 3. The van der Waals surface area contributed by atoms with Gasteiger partial charge in [0, 0.05) is 61.1 Å². The standard InChI is InChI=1S/C26H24N4O3Si.C18H21N3O2Si.C13H10BrN3O4.C13H12BrN3O2.C8H7NO5.C5H5BrN2/c1-27-20-12-10-19(11-13-20)25(31)30-24-21(7-6-8-22(24)33-2)26(32)29-23-14-9-18(17-28-23)15-16-34(3,4)5;1-23-15-7-5-6-14(17(15)19)18(22)21-16-9-8-13(12-20-16)10-11-24(2,3)4;1-21-10-4-2-3-9(12(10)17(19)20)13(18)16-11-6-5-8(14)7-15-11;1-19-10-4-2-3-9(12(10)15)13(18)17-11-6-5-8(14)7-16-11;1-14-6-4-2-3-5(8(10)11)7(6)9(12)13;6-4-1-2-5(7)8-3-4/h6-14,17H,2-5H3,(H,30,31)(H,28,29,32);5-9,12H,19H2,1-4H3,(H,20,21,22);2-7H,1H3,(H,15,16,18);2-7H,15H2,1H3,(H,16,17,18);2-4H,1H3,(H,10,11);1-3H,(H2,7,8). The molecular weight excluding hydrogens is 1770 g/mol. The molecule has 37 heteroatoms. The minimum absolute atomic E-state index is 0.0245. The summed E-state index contributed by atoms with van der Waals surface area (Å²) in [5.74, 6) is 6.05. The zero-order valence-electron chi connectivity index (χ0n) is 66.1. The van der Waals surface area contributed by atoms with Crippen molar-refractivity contribution in [1.29, 1.82) is 0 Å². The van der Waals surface area contributed by atoms with Crippen molar-refractivity contribution in [3.8, 4) is 51.7 Å². The number of carbonyl (C=O) groups excluding carboxylic acids is 5. The van der Waals surface area contributed by atoms with E-state index in [2.05, 4.69) is 166 Å². The summed E-state index contributed by atoms with van der Waals surface area (Å²) >= 11 is 9.73. The van der Waals surface area contributed by atoms with Crippen LogP contribution in [0.15, 0.2) is 220 Å². The molecule has 0 atom stereocenters. The Bertz CT molecular complexity index is 5650. The molecule has 0 aliphatic heterocycles. The molecule has 32 nitrogen and oxygen atoms in total. The van der Waals surface area contributed by atoms with E-state index >= 15 is 0 Å². The number of anilines is 8. The molecule has 0 saturated heterocycles. The van der Waals surface area contributed by atoms with Crippen molar-refractivity contribution in [1.82, 2.24) is 24.9 Å². The van der Waals surface area contributed by atoms with Crippen LogP contribution < -0.4 is 67.5 Å². The summed E-state index contributed by atoms with van der Waals surface area (Å²) in [4.78, 5) is 117. The van der Waals surface area contributed by atoms with Crippen molar-refractivity contribution in [2.24, 2.45) is 0 Å². The number of nitrogens with zero attached hydrogens (tertiary/aromatic N) is 8. The number of rotatable bonds is 18. The van der Waals surface area contributed by atoms with Crippen molar-refractivity contribution in [3.05, 3.63) is 296 Å². The predicted octanol–water partition coefficient (Wildman–Crippen LogP) is 17.0. The van der Waals surface area contributed by atoms with E-state index in [0.717, 1.165) is 30.6 Å². The third-order valence-electron chi connectivity index (χ3n) is 15.2. The number of ether oxygens (including phenoxy) is 5. The molecule has 5 aromatic heterocycles. The van der Waals surface area contributed by atoms with Crippen LogP contribution in [0.5, 0.6) is 28.7 Å². The van der Waals surface area contributed by atoms with E-state index in [-0.39, 0.29) is 51.4 Å². The van der Waals surface area contributed by atoms with Crippen LogP contribution in [0.1, 0.15) is 73.3 Å². The molecule has 11 aromatic rings. The van der Waals surface area contributed by atoms with Crippen molar-refractivity contribution < 1.29 is 67.4 Å². The van der Waals surface area contributed by atoms with Gasteiger partial charge in [0.15, 0.2) is 17.2 Å². The first-order valence-electron chi connectivity index (χ1n) is 35.0. The van der Waals surface area contributed by atoms with E-state index in [1.807, 2.05) is 12.1 Å². The van der Waals surface area contributed by atoms with Gasteiger partial charge in [0.25, 0.3) is 29.5 Å². The lowest BCUT2D eigenvalue weighted by Crippen LogP contribution is -2.19. The number of nitro groups is 2. The summed E-state index contributed by atoms with van der Waals surface area (Å²) < 4.78 is 27.7. The highest BCUT2D eigenvalue weighted by molar-refractivity contribution is 9.11. The molecule has 11 rings (SSSR count). The van der Waals surface area contributed by atoms with E-state index in [9.17, 15) is 49.0 Å². The predicted molar refractivity (Wildman–Crippen MR) is 476 cm³/mol. The number of amides is 5. The first-order valence-corrected chi connectivity index (χ1v) is 44.4. The van der Waals surface area contributed by atoms with Crippen LogP contribution in [-0.4, -0.2) is 127 Å². The van der Waals surface area contributed by atoms with Crippen LogP contribution in [-0.2, 0) is 0 Å². The van der Waals surface area contributed by atoms with E-state index in [0.29, 0.717) is 80.1 Å². The third-order valence-corrected chi connectivity index (χ3v) is 18.3. The summed E-state index contributed by atoms with van der Waals surface area (Å²) in [6.45, 7) is 20.1. The Morgan fingerprint density at radius 1 is 0.417 bits per heavy atom. The minimum atomic E-state index is -1.50. The van der Waals surface area contributed by atoms with Gasteiger partial charge in [0.2, 0.25) is 0 Å². The topological polar surface area (TPSA) is 462 Å². The van der Waals surface area contributed by atoms with Gasteiger partial charge in [-0.15, -0.1) is 11.1 Å². The van der Waals surface area contributed by atoms with E-state index < -0.39 is 55.4 Å². The van der Waals surface area contributed by atoms with Crippen LogP contribution in [0.4, 0.5) is 63.2 Å². The first kappa shape index (κ1) is 94.4. The van der Waals surface area contributed by atoms with Gasteiger partial charge < -0.3 is 72.6 Å². The second-order valence-electron chi connectivity index (χ2n) is 26.2. The molecule has 0 unspecified atom stereocenters. The summed E-state index contributed by atoms with van der Waals surface area (Å²) in [5, 5.41) is 43.8. The number of para-hydroxylation sites is 5. The maximum atomic E-state index is 13.0. The maximum absolute atomic E-state index is 13.0. The number of nitro benzene ring substituents is 2. The fourth-order valence-corrected chi connectivity index (χ4v) is 11.2. The fourth-order valence-electron chi connectivity index (χ4n) is 9.46. The number of nitrogens with one attached hydrogen (secondary N) is 5. The second kappa shape index (κ2) is 45.8. The number of carboxylic acid groups (broad SMARTS) is 1. The first-order chi connectivity index (χ1) is 57.0. The Morgan fingerprint density at radius 3 is 1.08 bits per heavy atom. The average Bonchev–Trinajstić information content (AvgIpc) is 0.838. The summed E-state index contributed by atoms with van der Waals surface area (Å²) in [6, 6.07) is 46.8. The lowest BCUT2D eigenvalue weighted by atomic mass is 10.1. The van der Waals surface area contributed by atoms with E-state index in [1.54, 1.807) is 152 Å². The number of carboxylic acids is 1. The van der Waals surface area contributed by atoms with Crippen molar-refractivity contribution in [2.45, 2.75) is 39.3 Å². The molecule has 0 bridgehead atoms. The van der Waals surface area contributed by atoms with Crippen molar-refractivity contribution in [3.63, 3.8) is 0 Å². The smallest absolute Gasteiger partial charge is 0.342 e. The number of nitrogens with two attached hydrogens (primary N) is 3. The quantitative estimate of drug-likeness (QED) is 0.00962. The number of pyridine rings is 5. The third kappa shape index (κ3) is 29.7. The summed E-state index contributed by atoms with van der Waals surface area (Å²) in [7, 11) is 4.10. The lowest BCUT2D eigenvalue weighted by molar-refractivity contribution is -0.386. The average molecular weight is 1850 g/mol. The molecular formula is C83H79Br3N16O16Si2. The Labute approximate surface area is 717 Å². The van der Waals surface area contributed by atoms with Gasteiger partial charge >= 0.3 is 17.3 Å². The van der Waals surface area contributed by atoms with Crippen LogP contribution in [0.3, 0.4) is 0 Å². The largest absolute Gasteiger partial charge is 0.495 e. The molecule has 0 fully saturated rings. The van der Waals surface area contributed by atoms with Gasteiger partial charge in [0.1, 0.15) is 73.6 Å². The monoisotopic (exact) mass is 1850 g/mol. The number of aromatic carboxylic acids is 1. The zero-order valence-corrected chi connectivity index (χ0v) is 72.9. The number of hydrogen-bond donors (Lipinski definition) is 9. The molecule has 120 heavy (non-hydrogen) atoms. The minimum Gasteiger partial charge on any atom is -0.495 e. The fraction of sp³-hybridized carbons (Fsp3) is 0.133. The molecule has 0 aliphatic carbocycles. The molecule has 0 spiro atoms. The molecule has 12 N–H and O–H groups in total. The van der Waals surface area contributed by atoms with Crippen LogP contribution in [0.2, 0.25) is 39.3 Å². The van der Waals surface area contributed by atoms with Crippen molar-refractivity contribution in [2.75, 3.05) is 79.3 Å². The Hall–Kier alpha value is -14.4. The molecule has 0 aliphatic rings. The highest BCUT2D eigenvalue weighted by atomic mass is 79.9.